The summed E-state index contributed by atoms with van der Waals surface area (Å²) in [6, 6.07) is 5.21. The van der Waals surface area contributed by atoms with E-state index < -0.39 is 29.0 Å². The van der Waals surface area contributed by atoms with E-state index in [4.69, 9.17) is 4.74 Å². The molecule has 2 aliphatic heterocycles. The maximum atomic E-state index is 13.5. The molecule has 0 unspecified atom stereocenters. The third kappa shape index (κ3) is 4.26. The average Bonchev–Trinajstić information content (AvgIpc) is 3.69. The third-order valence-electron chi connectivity index (χ3n) is 7.53. The molecule has 0 bridgehead atoms. The molecular weight excluding hydrogens is 570 g/mol. The van der Waals surface area contributed by atoms with Crippen LogP contribution in [0.15, 0.2) is 48.0 Å². The predicted octanol–water partition coefficient (Wildman–Crippen LogP) is 3.61. The van der Waals surface area contributed by atoms with Crippen molar-refractivity contribution >= 4 is 56.4 Å². The number of aromatic nitrogens is 3. The van der Waals surface area contributed by atoms with Crippen LogP contribution >= 0.6 is 22.7 Å². The van der Waals surface area contributed by atoms with Crippen LogP contribution in [0.2, 0.25) is 0 Å². The molecule has 0 radical (unpaired) electrons. The first kappa shape index (κ1) is 26.9. The van der Waals surface area contributed by atoms with Gasteiger partial charge in [0.15, 0.2) is 0 Å². The highest BCUT2D eigenvalue weighted by atomic mass is 32.1. The summed E-state index contributed by atoms with van der Waals surface area (Å²) in [7, 11) is 0. The van der Waals surface area contributed by atoms with Gasteiger partial charge >= 0.3 is 5.97 Å². The number of nitrogens with zero attached hydrogens (tertiary/aromatic N) is 5. The van der Waals surface area contributed by atoms with E-state index in [1.807, 2.05) is 6.92 Å². The number of rotatable bonds is 8. The van der Waals surface area contributed by atoms with Crippen LogP contribution in [0.5, 0.6) is 0 Å². The fourth-order valence-electron chi connectivity index (χ4n) is 5.52. The number of nitro groups is 1. The van der Waals surface area contributed by atoms with Gasteiger partial charge in [-0.3, -0.25) is 24.1 Å². The van der Waals surface area contributed by atoms with Crippen LogP contribution in [0.3, 0.4) is 0 Å². The van der Waals surface area contributed by atoms with Gasteiger partial charge in [0.05, 0.1) is 43.9 Å². The van der Waals surface area contributed by atoms with E-state index in [9.17, 15) is 29.6 Å². The number of aryl methyl sites for hydroxylation is 1. The number of non-ortho nitro benzene ring substituents is 1. The summed E-state index contributed by atoms with van der Waals surface area (Å²) >= 11 is 2.52. The van der Waals surface area contributed by atoms with E-state index in [1.165, 1.54) is 58.2 Å². The van der Waals surface area contributed by atoms with Gasteiger partial charge in [-0.2, -0.15) is 0 Å². The van der Waals surface area contributed by atoms with Gasteiger partial charge in [-0.25, -0.2) is 14.8 Å². The van der Waals surface area contributed by atoms with Crippen molar-refractivity contribution in [2.45, 2.75) is 39.5 Å². The number of ether oxygens (including phenoxy) is 1. The smallest absolute Gasteiger partial charge is 0.355 e. The number of hydrogen-bond acceptors (Lipinski definition) is 11. The van der Waals surface area contributed by atoms with Crippen molar-refractivity contribution in [1.82, 2.24) is 19.3 Å². The number of aliphatic hydroxyl groups is 1. The van der Waals surface area contributed by atoms with Crippen molar-refractivity contribution in [2.75, 3.05) is 0 Å². The van der Waals surface area contributed by atoms with Gasteiger partial charge < -0.3 is 14.7 Å². The number of ketones is 1. The van der Waals surface area contributed by atoms with Gasteiger partial charge in [-0.15, -0.1) is 22.7 Å². The number of fused-ring (bicyclic) bond motifs is 2. The van der Waals surface area contributed by atoms with Gasteiger partial charge in [-0.1, -0.05) is 6.92 Å². The van der Waals surface area contributed by atoms with Crippen molar-refractivity contribution in [3.63, 3.8) is 0 Å². The van der Waals surface area contributed by atoms with E-state index in [-0.39, 0.29) is 41.3 Å². The zero-order chi connectivity index (χ0) is 29.2. The van der Waals surface area contributed by atoms with Crippen molar-refractivity contribution in [3.8, 4) is 0 Å². The number of β-lactam (4-membered cyclic amide) rings is 1. The van der Waals surface area contributed by atoms with Gasteiger partial charge in [-0.05, 0) is 31.5 Å². The molecule has 0 saturated carbocycles. The topological polar surface area (TPSA) is 157 Å². The summed E-state index contributed by atoms with van der Waals surface area (Å²) in [5.74, 6) is -2.31. The number of benzene rings is 1. The molecular formula is C27H23N5O7S2. The highest BCUT2D eigenvalue weighted by Crippen LogP contribution is 2.52. The van der Waals surface area contributed by atoms with Crippen LogP contribution in [0.4, 0.5) is 5.69 Å². The first-order chi connectivity index (χ1) is 19.6. The molecule has 2 aliphatic rings. The number of amides is 1. The lowest BCUT2D eigenvalue weighted by Crippen LogP contribution is -2.63. The lowest BCUT2D eigenvalue weighted by molar-refractivity contribution is -0.384. The van der Waals surface area contributed by atoms with E-state index in [0.717, 1.165) is 0 Å². The van der Waals surface area contributed by atoms with E-state index in [1.54, 1.807) is 30.0 Å². The number of esters is 1. The van der Waals surface area contributed by atoms with E-state index >= 15 is 0 Å². The molecule has 4 aromatic rings. The van der Waals surface area contributed by atoms with Gasteiger partial charge in [0.1, 0.15) is 29.2 Å². The Balaban J connectivity index is 1.37. The monoisotopic (exact) mass is 593 g/mol. The number of carbonyl (C=O) groups is 3. The number of aliphatic hydroxyl groups excluding tert-OH is 1. The largest absolute Gasteiger partial charge is 0.456 e. The van der Waals surface area contributed by atoms with Crippen molar-refractivity contribution in [1.29, 1.82) is 0 Å². The maximum absolute atomic E-state index is 13.5. The van der Waals surface area contributed by atoms with Crippen LogP contribution < -0.4 is 0 Å². The predicted molar refractivity (Wildman–Crippen MR) is 148 cm³/mol. The average molecular weight is 594 g/mol. The highest BCUT2D eigenvalue weighted by Gasteiger charge is 2.60. The Morgan fingerprint density at radius 1 is 1.24 bits per heavy atom. The molecule has 41 heavy (non-hydrogen) atoms. The second-order valence-corrected chi connectivity index (χ2v) is 11.9. The van der Waals surface area contributed by atoms with Crippen LogP contribution in [0, 0.1) is 28.9 Å². The molecule has 6 rings (SSSR count). The van der Waals surface area contributed by atoms with Crippen molar-refractivity contribution in [2.24, 2.45) is 11.8 Å². The summed E-state index contributed by atoms with van der Waals surface area (Å²) in [6.45, 7) is 5.05. The quantitative estimate of drug-likeness (QED) is 0.106. The minimum Gasteiger partial charge on any atom is -0.456 e. The molecule has 0 aliphatic carbocycles. The molecule has 1 aromatic carbocycles. The van der Waals surface area contributed by atoms with Crippen LogP contribution in [0.1, 0.15) is 45.3 Å². The Hall–Kier alpha value is -4.27. The highest BCUT2D eigenvalue weighted by molar-refractivity contribution is 7.19. The number of carbonyl (C=O) groups excluding carboxylic acids is 3. The summed E-state index contributed by atoms with van der Waals surface area (Å²) in [5, 5.41) is 21.3. The van der Waals surface area contributed by atoms with E-state index in [0.29, 0.717) is 31.4 Å². The zero-order valence-corrected chi connectivity index (χ0v) is 23.6. The Morgan fingerprint density at radius 3 is 2.61 bits per heavy atom. The lowest BCUT2D eigenvalue weighted by Gasteiger charge is -2.46. The van der Waals surface area contributed by atoms with Gasteiger partial charge in [0.2, 0.25) is 11.7 Å². The van der Waals surface area contributed by atoms with Crippen molar-refractivity contribution < 1.29 is 29.2 Å². The summed E-state index contributed by atoms with van der Waals surface area (Å²) in [4.78, 5) is 61.9. The first-order valence-electron chi connectivity index (χ1n) is 12.7. The van der Waals surface area contributed by atoms with Gasteiger partial charge in [0, 0.05) is 29.8 Å². The Labute approximate surface area is 240 Å². The van der Waals surface area contributed by atoms with Crippen LogP contribution in [0.25, 0.3) is 10.4 Å². The molecule has 14 heteroatoms. The summed E-state index contributed by atoms with van der Waals surface area (Å²) in [5.41, 5.74) is 3.63. The number of imidazole rings is 1. The third-order valence-corrected chi connectivity index (χ3v) is 9.60. The molecule has 1 N–H and O–H groups in total. The Bertz CT molecular complexity index is 1770. The summed E-state index contributed by atoms with van der Waals surface area (Å²) < 4.78 is 7.31. The molecule has 5 heterocycles. The SMILES string of the molecule is Cc1ncsc1C(=O)c1ncn2cc(C3=C(C(=O)OCc4ccc([N+](=O)[O-])cc4)N4C(=O)[C@H]([C@@H](C)O)[C@H]4[C@H]3C)sc12. The Kier molecular flexibility index (Phi) is 6.55. The van der Waals surface area contributed by atoms with Gasteiger partial charge in [0.25, 0.3) is 5.69 Å². The number of thiazole rings is 2. The van der Waals surface area contributed by atoms with Crippen LogP contribution in [-0.2, 0) is 20.9 Å². The maximum Gasteiger partial charge on any atom is 0.355 e. The standard InChI is InChI=1S/C27H23N5O7S2/c1-12-18(17-8-30-10-28-20(26(30)41-17)23(34)24-13(2)29-11-40-24)22(31-21(12)19(14(3)33)25(31)35)27(36)39-9-15-4-6-16(7-5-15)32(37)38/h4-8,10-12,14,19,21,33H,9H2,1-3H3/t12-,14+,19+,21+/m0/s1. The lowest BCUT2D eigenvalue weighted by atomic mass is 9.77. The molecule has 12 nitrogen and oxygen atoms in total. The fourth-order valence-corrected chi connectivity index (χ4v) is 7.48. The molecule has 1 saturated heterocycles. The second-order valence-electron chi connectivity index (χ2n) is 10.0. The Morgan fingerprint density at radius 2 is 1.98 bits per heavy atom. The first-order valence-corrected chi connectivity index (χ1v) is 14.4. The molecule has 210 valence electrons. The number of hydrogen-bond donors (Lipinski definition) is 1. The molecule has 1 fully saturated rings. The molecule has 3 aromatic heterocycles. The van der Waals surface area contributed by atoms with E-state index in [2.05, 4.69) is 9.97 Å². The minimum absolute atomic E-state index is 0.0835. The molecule has 4 atom stereocenters. The zero-order valence-electron chi connectivity index (χ0n) is 22.0. The van der Waals surface area contributed by atoms with Crippen LogP contribution in [-0.4, -0.2) is 59.1 Å². The number of nitro benzene ring substituents is 1. The summed E-state index contributed by atoms with van der Waals surface area (Å²) in [6.07, 6.45) is 2.40. The fraction of sp³-hybridized carbons (Fsp3) is 0.296. The normalized spacial score (nSPS) is 20.7. The minimum atomic E-state index is -0.905. The van der Waals surface area contributed by atoms with Crippen molar-refractivity contribution in [3.05, 3.63) is 84.8 Å². The molecule has 0 spiro atoms. The molecule has 1 amide bonds. The second kappa shape index (κ2) is 9.98.